The van der Waals surface area contributed by atoms with Gasteiger partial charge in [0.1, 0.15) is 5.75 Å². The van der Waals surface area contributed by atoms with Crippen LogP contribution in [0, 0.1) is 10.1 Å². The molecule has 0 bridgehead atoms. The maximum atomic E-state index is 11.2. The lowest BCUT2D eigenvalue weighted by Crippen LogP contribution is -2.09. The molecule has 0 saturated heterocycles. The van der Waals surface area contributed by atoms with E-state index in [2.05, 4.69) is 11.9 Å². The molecule has 1 aliphatic rings. The molecule has 1 atom stereocenters. The lowest BCUT2D eigenvalue weighted by molar-refractivity contribution is -0.385. The summed E-state index contributed by atoms with van der Waals surface area (Å²) in [5, 5.41) is 12.2. The van der Waals surface area contributed by atoms with Gasteiger partial charge in [0, 0.05) is 11.5 Å². The van der Waals surface area contributed by atoms with Crippen molar-refractivity contribution < 1.29 is 9.66 Å². The number of benzene rings is 1. The predicted octanol–water partition coefficient (Wildman–Crippen LogP) is 3.80. The fraction of sp³-hybridized carbons (Fsp3) is 0.400. The average Bonchev–Trinajstić information content (AvgIpc) is 2.52. The molecular formula is C15H18N2O3S. The number of hydrogen-bond donors (Lipinski definition) is 0. The van der Waals surface area contributed by atoms with Gasteiger partial charge in [-0.05, 0) is 30.4 Å². The van der Waals surface area contributed by atoms with Gasteiger partial charge in [0.05, 0.1) is 29.7 Å². The Morgan fingerprint density at radius 1 is 1.52 bits per heavy atom. The van der Waals surface area contributed by atoms with Crippen LogP contribution in [0.3, 0.4) is 0 Å². The second-order valence-corrected chi connectivity index (χ2v) is 5.79. The molecule has 0 aromatic heterocycles. The van der Waals surface area contributed by atoms with Crippen LogP contribution in [0.15, 0.2) is 35.3 Å². The molecule has 1 aliphatic heterocycles. The molecule has 5 nitrogen and oxygen atoms in total. The topological polar surface area (TPSA) is 64.7 Å². The van der Waals surface area contributed by atoms with E-state index < -0.39 is 0 Å². The summed E-state index contributed by atoms with van der Waals surface area (Å²) >= 11 is 1.72. The van der Waals surface area contributed by atoms with Gasteiger partial charge in [-0.1, -0.05) is 13.0 Å². The lowest BCUT2D eigenvalue weighted by atomic mass is 9.95. The number of aliphatic imine (C=N–C) groups is 1. The van der Waals surface area contributed by atoms with Crippen LogP contribution in [0.5, 0.6) is 5.75 Å². The normalized spacial score (nSPS) is 17.4. The molecule has 0 aliphatic carbocycles. The zero-order valence-corrected chi connectivity index (χ0v) is 12.9. The number of dihydropyridines is 1. The van der Waals surface area contributed by atoms with Crippen molar-refractivity contribution in [2.24, 2.45) is 4.99 Å². The van der Waals surface area contributed by atoms with Gasteiger partial charge >= 0.3 is 0 Å². The van der Waals surface area contributed by atoms with Crippen molar-refractivity contribution in [2.45, 2.75) is 19.3 Å². The van der Waals surface area contributed by atoms with E-state index in [1.165, 1.54) is 13.2 Å². The molecule has 0 N–H and O–H groups in total. The van der Waals surface area contributed by atoms with Gasteiger partial charge in [0.2, 0.25) is 0 Å². The molecule has 0 radical (unpaired) electrons. The molecule has 1 heterocycles. The fourth-order valence-electron chi connectivity index (χ4n) is 2.12. The van der Waals surface area contributed by atoms with Gasteiger partial charge in [-0.2, -0.15) is 0 Å². The maximum absolute atomic E-state index is 11.2. The Hall–Kier alpha value is -1.82. The van der Waals surface area contributed by atoms with Crippen LogP contribution in [0.25, 0.3) is 0 Å². The van der Waals surface area contributed by atoms with E-state index in [1.54, 1.807) is 23.9 Å². The summed E-state index contributed by atoms with van der Waals surface area (Å²) in [6.07, 6.45) is 5.06. The van der Waals surface area contributed by atoms with E-state index in [0.29, 0.717) is 17.9 Å². The third kappa shape index (κ3) is 3.85. The summed E-state index contributed by atoms with van der Waals surface area (Å²) in [6.45, 7) is 2.68. The summed E-state index contributed by atoms with van der Waals surface area (Å²) in [7, 11) is 1.50. The Balaban J connectivity index is 2.19. The average molecular weight is 306 g/mol. The highest BCUT2D eigenvalue weighted by Crippen LogP contribution is 2.33. The summed E-state index contributed by atoms with van der Waals surface area (Å²) < 4.78 is 5.06. The van der Waals surface area contributed by atoms with E-state index in [-0.39, 0.29) is 16.5 Å². The van der Waals surface area contributed by atoms with Crippen molar-refractivity contribution in [3.05, 3.63) is 46.0 Å². The van der Waals surface area contributed by atoms with Gasteiger partial charge < -0.3 is 4.74 Å². The highest BCUT2D eigenvalue weighted by atomic mass is 32.2. The number of nitro groups is 1. The first kappa shape index (κ1) is 15.6. The molecule has 0 spiro atoms. The standard InChI is InChI=1S/C15H18N2O3S/c1-3-8-21-15-7-4-11(10-16-15)13-6-5-12(20-2)9-14(13)17(18)19/h4-7,9,11H,3,8,10H2,1-2H3. The first-order valence-corrected chi connectivity index (χ1v) is 7.82. The fourth-order valence-corrected chi connectivity index (χ4v) is 2.88. The van der Waals surface area contributed by atoms with Gasteiger partial charge in [0.25, 0.3) is 5.69 Å². The van der Waals surface area contributed by atoms with Gasteiger partial charge in [-0.3, -0.25) is 15.1 Å². The molecule has 2 rings (SSSR count). The van der Waals surface area contributed by atoms with E-state index in [1.807, 2.05) is 12.2 Å². The summed E-state index contributed by atoms with van der Waals surface area (Å²) in [5.41, 5.74) is 0.768. The van der Waals surface area contributed by atoms with E-state index in [0.717, 1.165) is 17.2 Å². The van der Waals surface area contributed by atoms with E-state index in [9.17, 15) is 10.1 Å². The van der Waals surface area contributed by atoms with Gasteiger partial charge in [-0.25, -0.2) is 0 Å². The molecule has 1 aromatic rings. The van der Waals surface area contributed by atoms with Crippen molar-refractivity contribution in [3.63, 3.8) is 0 Å². The van der Waals surface area contributed by atoms with Crippen LogP contribution >= 0.6 is 11.8 Å². The van der Waals surface area contributed by atoms with Crippen molar-refractivity contribution in [1.82, 2.24) is 0 Å². The first-order chi connectivity index (χ1) is 10.2. The van der Waals surface area contributed by atoms with E-state index >= 15 is 0 Å². The van der Waals surface area contributed by atoms with Crippen molar-refractivity contribution in [1.29, 1.82) is 0 Å². The first-order valence-electron chi connectivity index (χ1n) is 6.83. The van der Waals surface area contributed by atoms with Crippen LogP contribution < -0.4 is 4.74 Å². The molecule has 0 saturated carbocycles. The number of ether oxygens (including phenoxy) is 1. The minimum atomic E-state index is -0.364. The molecule has 6 heteroatoms. The van der Waals surface area contributed by atoms with Crippen LogP contribution in [0.4, 0.5) is 5.69 Å². The number of methoxy groups -OCH3 is 1. The third-order valence-corrected chi connectivity index (χ3v) is 4.38. The smallest absolute Gasteiger partial charge is 0.276 e. The van der Waals surface area contributed by atoms with Crippen LogP contribution in [-0.4, -0.2) is 29.4 Å². The Bertz CT molecular complexity index is 584. The molecule has 1 aromatic carbocycles. The molecule has 0 amide bonds. The zero-order valence-electron chi connectivity index (χ0n) is 12.1. The Kier molecular flexibility index (Phi) is 5.38. The number of nitrogens with zero attached hydrogens (tertiary/aromatic N) is 2. The third-order valence-electron chi connectivity index (χ3n) is 3.20. The highest BCUT2D eigenvalue weighted by Gasteiger charge is 2.22. The summed E-state index contributed by atoms with van der Waals surface area (Å²) in [4.78, 5) is 15.4. The van der Waals surface area contributed by atoms with Crippen LogP contribution in [-0.2, 0) is 0 Å². The quantitative estimate of drug-likeness (QED) is 0.613. The Morgan fingerprint density at radius 2 is 2.33 bits per heavy atom. The SMILES string of the molecule is CCCSC1=NCC(c2ccc(OC)cc2[N+](=O)[O-])C=C1. The summed E-state index contributed by atoms with van der Waals surface area (Å²) in [5.74, 6) is 1.48. The number of nitro benzene ring substituents is 1. The molecule has 112 valence electrons. The highest BCUT2D eigenvalue weighted by molar-refractivity contribution is 8.14. The lowest BCUT2D eigenvalue weighted by Gasteiger charge is -2.16. The van der Waals surface area contributed by atoms with Crippen LogP contribution in [0.2, 0.25) is 0 Å². The second kappa shape index (κ2) is 7.26. The zero-order chi connectivity index (χ0) is 15.2. The van der Waals surface area contributed by atoms with Crippen molar-refractivity contribution >= 4 is 22.5 Å². The second-order valence-electron chi connectivity index (χ2n) is 4.67. The number of thioether (sulfide) groups is 1. The molecule has 0 fully saturated rings. The van der Waals surface area contributed by atoms with Gasteiger partial charge in [0.15, 0.2) is 0 Å². The maximum Gasteiger partial charge on any atom is 0.276 e. The van der Waals surface area contributed by atoms with E-state index in [4.69, 9.17) is 4.74 Å². The largest absolute Gasteiger partial charge is 0.497 e. The Labute approximate surface area is 128 Å². The minimum absolute atomic E-state index is 0.0534. The predicted molar refractivity (Wildman–Crippen MR) is 86.6 cm³/mol. The van der Waals surface area contributed by atoms with Crippen molar-refractivity contribution in [3.8, 4) is 5.75 Å². The number of rotatable bonds is 5. The monoisotopic (exact) mass is 306 g/mol. The molecular weight excluding hydrogens is 288 g/mol. The molecule has 21 heavy (non-hydrogen) atoms. The van der Waals surface area contributed by atoms with Crippen molar-refractivity contribution in [2.75, 3.05) is 19.4 Å². The molecule has 1 unspecified atom stereocenters. The summed E-state index contributed by atoms with van der Waals surface area (Å²) in [6, 6.07) is 4.97. The van der Waals surface area contributed by atoms with Crippen LogP contribution in [0.1, 0.15) is 24.8 Å². The Morgan fingerprint density at radius 3 is 2.90 bits per heavy atom. The van der Waals surface area contributed by atoms with Gasteiger partial charge in [-0.15, -0.1) is 11.8 Å². The minimum Gasteiger partial charge on any atom is -0.497 e. The number of hydrogen-bond acceptors (Lipinski definition) is 5.